The summed E-state index contributed by atoms with van der Waals surface area (Å²) in [5, 5.41) is 11.4. The van der Waals surface area contributed by atoms with E-state index >= 15 is 0 Å². The number of fused-ring (bicyclic) bond motifs is 1. The number of phenols is 1. The van der Waals surface area contributed by atoms with E-state index in [2.05, 4.69) is 12.3 Å². The summed E-state index contributed by atoms with van der Waals surface area (Å²) in [4.78, 5) is 0. The molecule has 0 bridgehead atoms. The summed E-state index contributed by atoms with van der Waals surface area (Å²) in [6.45, 7) is 2.89. The molecule has 3 rings (SSSR count). The molecule has 2 N–H and O–H groups in total. The number of nitrogens with zero attached hydrogens (tertiary/aromatic N) is 1. The summed E-state index contributed by atoms with van der Waals surface area (Å²) in [5.41, 5.74) is 6.10. The van der Waals surface area contributed by atoms with Gasteiger partial charge in [-0.1, -0.05) is 19.1 Å². The molecule has 4 heteroatoms. The number of rotatable bonds is 3. The number of aromatic hydroxyl groups is 1. The Bertz CT molecular complexity index is 601. The Morgan fingerprint density at radius 1 is 1.30 bits per heavy atom. The van der Waals surface area contributed by atoms with Crippen LogP contribution in [0.2, 0.25) is 0 Å². The summed E-state index contributed by atoms with van der Waals surface area (Å²) in [6.07, 6.45) is 6.13. The fourth-order valence-corrected chi connectivity index (χ4v) is 2.65. The van der Waals surface area contributed by atoms with Crippen molar-refractivity contribution >= 4 is 5.70 Å². The average molecular weight is 272 g/mol. The SMILES string of the molecule is CCCN1NC2C(F)=CC=CC2=C1c1ccc(O)cc1. The first-order valence-electron chi connectivity index (χ1n) is 6.81. The van der Waals surface area contributed by atoms with E-state index in [4.69, 9.17) is 0 Å². The average Bonchev–Trinajstić information content (AvgIpc) is 2.80. The van der Waals surface area contributed by atoms with Crippen molar-refractivity contribution in [1.29, 1.82) is 0 Å². The summed E-state index contributed by atoms with van der Waals surface area (Å²) < 4.78 is 14.0. The molecule has 1 heterocycles. The second-order valence-electron chi connectivity index (χ2n) is 4.98. The van der Waals surface area contributed by atoms with Gasteiger partial charge in [0.25, 0.3) is 0 Å². The lowest BCUT2D eigenvalue weighted by atomic mass is 9.97. The Labute approximate surface area is 117 Å². The van der Waals surface area contributed by atoms with Gasteiger partial charge in [0.05, 0.1) is 5.70 Å². The van der Waals surface area contributed by atoms with Gasteiger partial charge in [-0.15, -0.1) is 0 Å². The number of benzene rings is 1. The second-order valence-corrected chi connectivity index (χ2v) is 4.98. The molecule has 104 valence electrons. The van der Waals surface area contributed by atoms with Crippen LogP contribution in [-0.2, 0) is 0 Å². The van der Waals surface area contributed by atoms with Crippen LogP contribution in [0.1, 0.15) is 18.9 Å². The maximum Gasteiger partial charge on any atom is 0.123 e. The minimum atomic E-state index is -0.393. The maximum absolute atomic E-state index is 14.0. The fourth-order valence-electron chi connectivity index (χ4n) is 2.65. The van der Waals surface area contributed by atoms with Gasteiger partial charge in [0.15, 0.2) is 0 Å². The van der Waals surface area contributed by atoms with E-state index in [-0.39, 0.29) is 11.6 Å². The highest BCUT2D eigenvalue weighted by Crippen LogP contribution is 2.35. The van der Waals surface area contributed by atoms with Crippen LogP contribution in [0.5, 0.6) is 5.75 Å². The van der Waals surface area contributed by atoms with Crippen LogP contribution in [0.25, 0.3) is 5.70 Å². The number of hydrazine groups is 1. The minimum absolute atomic E-state index is 0.169. The molecule has 0 amide bonds. The number of allylic oxidation sites excluding steroid dienone is 2. The largest absolute Gasteiger partial charge is 0.508 e. The molecule has 0 fully saturated rings. The molecule has 20 heavy (non-hydrogen) atoms. The van der Waals surface area contributed by atoms with Crippen LogP contribution in [0, 0.1) is 0 Å². The first kappa shape index (κ1) is 12.9. The maximum atomic E-state index is 14.0. The zero-order valence-electron chi connectivity index (χ0n) is 11.3. The van der Waals surface area contributed by atoms with Crippen molar-refractivity contribution in [3.05, 3.63) is 59.5 Å². The number of hydrogen-bond donors (Lipinski definition) is 2. The Balaban J connectivity index is 2.07. The van der Waals surface area contributed by atoms with Gasteiger partial charge < -0.3 is 10.1 Å². The smallest absolute Gasteiger partial charge is 0.123 e. The summed E-state index contributed by atoms with van der Waals surface area (Å²) >= 11 is 0. The third-order valence-electron chi connectivity index (χ3n) is 3.53. The van der Waals surface area contributed by atoms with Crippen LogP contribution >= 0.6 is 0 Å². The highest BCUT2D eigenvalue weighted by atomic mass is 19.1. The van der Waals surface area contributed by atoms with Gasteiger partial charge in [0.1, 0.15) is 17.6 Å². The molecule has 1 unspecified atom stereocenters. The van der Waals surface area contributed by atoms with Crippen LogP contribution in [0.15, 0.2) is 53.9 Å². The summed E-state index contributed by atoms with van der Waals surface area (Å²) in [5.74, 6) is 0.0616. The molecule has 0 saturated carbocycles. The van der Waals surface area contributed by atoms with Crippen molar-refractivity contribution in [1.82, 2.24) is 10.4 Å². The number of hydrogen-bond acceptors (Lipinski definition) is 3. The van der Waals surface area contributed by atoms with Crippen molar-refractivity contribution in [2.75, 3.05) is 6.54 Å². The van der Waals surface area contributed by atoms with Gasteiger partial charge in [0, 0.05) is 12.1 Å². The van der Waals surface area contributed by atoms with E-state index in [1.165, 1.54) is 6.08 Å². The topological polar surface area (TPSA) is 35.5 Å². The van der Waals surface area contributed by atoms with E-state index in [9.17, 15) is 9.50 Å². The van der Waals surface area contributed by atoms with Gasteiger partial charge >= 0.3 is 0 Å². The molecular formula is C16H17FN2O. The van der Waals surface area contributed by atoms with Crippen molar-refractivity contribution in [2.24, 2.45) is 0 Å². The molecule has 2 aliphatic rings. The van der Waals surface area contributed by atoms with E-state index in [1.54, 1.807) is 18.2 Å². The highest BCUT2D eigenvalue weighted by Gasteiger charge is 2.33. The second kappa shape index (κ2) is 5.13. The normalized spacial score (nSPS) is 21.2. The van der Waals surface area contributed by atoms with E-state index in [0.717, 1.165) is 29.8 Å². The zero-order chi connectivity index (χ0) is 14.1. The Morgan fingerprint density at radius 2 is 2.05 bits per heavy atom. The molecule has 0 radical (unpaired) electrons. The zero-order valence-corrected chi connectivity index (χ0v) is 11.3. The molecular weight excluding hydrogens is 255 g/mol. The molecule has 0 spiro atoms. The third kappa shape index (κ3) is 2.12. The van der Waals surface area contributed by atoms with Crippen molar-refractivity contribution in [3.8, 4) is 5.75 Å². The first-order chi connectivity index (χ1) is 9.70. The number of phenolic OH excluding ortho intramolecular Hbond substituents is 1. The lowest BCUT2D eigenvalue weighted by molar-refractivity contribution is 0.287. The highest BCUT2D eigenvalue weighted by molar-refractivity contribution is 5.74. The molecule has 1 aliphatic heterocycles. The molecule has 1 atom stereocenters. The van der Waals surface area contributed by atoms with Crippen LogP contribution in [-0.4, -0.2) is 22.7 Å². The number of halogens is 1. The van der Waals surface area contributed by atoms with Crippen molar-refractivity contribution < 1.29 is 9.50 Å². The van der Waals surface area contributed by atoms with Crippen LogP contribution < -0.4 is 5.43 Å². The first-order valence-corrected chi connectivity index (χ1v) is 6.81. The molecule has 0 aromatic heterocycles. The Kier molecular flexibility index (Phi) is 3.32. The Morgan fingerprint density at radius 3 is 2.75 bits per heavy atom. The number of nitrogens with one attached hydrogen (secondary N) is 1. The molecule has 1 aromatic carbocycles. The van der Waals surface area contributed by atoms with Gasteiger partial charge in [-0.3, -0.25) is 0 Å². The van der Waals surface area contributed by atoms with E-state index in [1.807, 2.05) is 23.2 Å². The lowest BCUT2D eigenvalue weighted by Gasteiger charge is -2.23. The molecule has 1 aromatic rings. The van der Waals surface area contributed by atoms with Gasteiger partial charge in [-0.05, 0) is 42.3 Å². The van der Waals surface area contributed by atoms with Gasteiger partial charge in [-0.25, -0.2) is 9.82 Å². The molecule has 3 nitrogen and oxygen atoms in total. The minimum Gasteiger partial charge on any atom is -0.508 e. The van der Waals surface area contributed by atoms with Crippen molar-refractivity contribution in [2.45, 2.75) is 19.4 Å². The lowest BCUT2D eigenvalue weighted by Crippen LogP contribution is -2.38. The Hall–Kier alpha value is -2.07. The van der Waals surface area contributed by atoms with Crippen LogP contribution in [0.4, 0.5) is 4.39 Å². The van der Waals surface area contributed by atoms with Crippen LogP contribution in [0.3, 0.4) is 0 Å². The summed E-state index contributed by atoms with van der Waals surface area (Å²) in [7, 11) is 0. The van der Waals surface area contributed by atoms with E-state index < -0.39 is 6.04 Å². The summed E-state index contributed by atoms with van der Waals surface area (Å²) in [6, 6.07) is 6.62. The van der Waals surface area contributed by atoms with Crippen molar-refractivity contribution in [3.63, 3.8) is 0 Å². The standard InChI is InChI=1S/C16H17FN2O/c1-2-10-19-16(11-6-8-12(20)9-7-11)13-4-3-5-14(17)15(13)18-19/h3-9,15,18,20H,2,10H2,1H3. The molecule has 1 aliphatic carbocycles. The fraction of sp³-hybridized carbons (Fsp3) is 0.250. The van der Waals surface area contributed by atoms with Gasteiger partial charge in [-0.2, -0.15) is 0 Å². The molecule has 0 saturated heterocycles. The van der Waals surface area contributed by atoms with E-state index in [0.29, 0.717) is 0 Å². The predicted molar refractivity (Wildman–Crippen MR) is 77.3 cm³/mol. The predicted octanol–water partition coefficient (Wildman–Crippen LogP) is 3.13. The monoisotopic (exact) mass is 272 g/mol. The third-order valence-corrected chi connectivity index (χ3v) is 3.53. The quantitative estimate of drug-likeness (QED) is 0.887. The van der Waals surface area contributed by atoms with Gasteiger partial charge in [0.2, 0.25) is 0 Å².